The summed E-state index contributed by atoms with van der Waals surface area (Å²) in [5.41, 5.74) is 2.05. The molecule has 1 fully saturated rings. The van der Waals surface area contributed by atoms with Crippen LogP contribution < -0.4 is 10.2 Å². The van der Waals surface area contributed by atoms with Crippen LogP contribution in [0, 0.1) is 5.82 Å². The van der Waals surface area contributed by atoms with Gasteiger partial charge in [0.1, 0.15) is 35.8 Å². The van der Waals surface area contributed by atoms with Gasteiger partial charge in [0, 0.05) is 13.0 Å². The number of para-hydroxylation sites is 2. The van der Waals surface area contributed by atoms with Gasteiger partial charge < -0.3 is 24.3 Å². The van der Waals surface area contributed by atoms with Gasteiger partial charge in [-0.25, -0.2) is 19.2 Å². The Hall–Kier alpha value is -3.89. The number of carbonyl (C=O) groups excluding carboxylic acids is 2. The number of fused-ring (bicyclic) bond motifs is 2. The van der Waals surface area contributed by atoms with E-state index in [-0.39, 0.29) is 23.6 Å². The summed E-state index contributed by atoms with van der Waals surface area (Å²) in [6.45, 7) is 6.55. The van der Waals surface area contributed by atoms with E-state index in [1.165, 1.54) is 23.1 Å². The number of rotatable bonds is 8. The third kappa shape index (κ3) is 5.16. The molecule has 3 heterocycles. The van der Waals surface area contributed by atoms with Gasteiger partial charge in [0.25, 0.3) is 5.91 Å². The van der Waals surface area contributed by atoms with Gasteiger partial charge in [-0.15, -0.1) is 0 Å². The van der Waals surface area contributed by atoms with Gasteiger partial charge >= 0.3 is 5.97 Å². The largest absolute Gasteiger partial charge is 0.462 e. The Bertz CT molecular complexity index is 1450. The van der Waals surface area contributed by atoms with Gasteiger partial charge in [-0.3, -0.25) is 4.79 Å². The Labute approximate surface area is 213 Å². The lowest BCUT2D eigenvalue weighted by molar-refractivity contribution is -0.908. The van der Waals surface area contributed by atoms with Crippen molar-refractivity contribution >= 4 is 39.9 Å². The van der Waals surface area contributed by atoms with Gasteiger partial charge in [0.05, 0.1) is 43.0 Å². The fourth-order valence-electron chi connectivity index (χ4n) is 4.66. The van der Waals surface area contributed by atoms with Crippen molar-refractivity contribution in [3.05, 3.63) is 65.5 Å². The van der Waals surface area contributed by atoms with Crippen LogP contribution in [0.2, 0.25) is 0 Å². The third-order valence-corrected chi connectivity index (χ3v) is 6.49. The zero-order chi connectivity index (χ0) is 25.8. The number of aromatic nitrogens is 3. The van der Waals surface area contributed by atoms with E-state index in [9.17, 15) is 14.0 Å². The highest BCUT2D eigenvalue weighted by Crippen LogP contribution is 2.31. The second-order valence-corrected chi connectivity index (χ2v) is 8.88. The number of morpholine rings is 1. The minimum Gasteiger partial charge on any atom is -0.462 e. The third-order valence-electron chi connectivity index (χ3n) is 6.49. The van der Waals surface area contributed by atoms with Gasteiger partial charge in [0.15, 0.2) is 5.65 Å². The standard InChI is InChI=1S/C27H28FN5O4/c1-2-37-27(35)22-23-25(30-21-11-6-5-10-20(21)29-23)33(13-7-12-32-14-16-36-17-15-32)24(22)31-26(34)18-8-3-4-9-19(18)28/h3-6,8-11H,2,7,12-17H2,1H3,(H,31,34)/p+1. The maximum Gasteiger partial charge on any atom is 0.344 e. The Morgan fingerprint density at radius 1 is 1.08 bits per heavy atom. The molecule has 0 aliphatic carbocycles. The van der Waals surface area contributed by atoms with Gasteiger partial charge in [-0.1, -0.05) is 24.3 Å². The Morgan fingerprint density at radius 3 is 2.51 bits per heavy atom. The van der Waals surface area contributed by atoms with E-state index < -0.39 is 17.7 Å². The summed E-state index contributed by atoms with van der Waals surface area (Å²) in [6.07, 6.45) is 0.762. The molecule has 2 N–H and O–H groups in total. The molecule has 5 rings (SSSR count). The highest BCUT2D eigenvalue weighted by Gasteiger charge is 2.29. The molecule has 9 nitrogen and oxygen atoms in total. The number of ether oxygens (including phenoxy) is 2. The Morgan fingerprint density at radius 2 is 1.78 bits per heavy atom. The molecule has 0 spiro atoms. The smallest absolute Gasteiger partial charge is 0.344 e. The van der Waals surface area contributed by atoms with E-state index >= 15 is 0 Å². The number of amides is 1. The molecular weight excluding hydrogens is 477 g/mol. The molecule has 1 amide bonds. The number of nitrogens with zero attached hydrogens (tertiary/aromatic N) is 3. The molecule has 1 aliphatic rings. The van der Waals surface area contributed by atoms with Crippen LogP contribution in [-0.4, -0.2) is 65.9 Å². The number of nitrogens with one attached hydrogen (secondary N) is 2. The Kier molecular flexibility index (Phi) is 7.38. The summed E-state index contributed by atoms with van der Waals surface area (Å²) in [5.74, 6) is -1.75. The predicted molar refractivity (Wildman–Crippen MR) is 136 cm³/mol. The van der Waals surface area contributed by atoms with Gasteiger partial charge in [-0.2, -0.15) is 0 Å². The molecule has 0 saturated carbocycles. The average Bonchev–Trinajstić information content (AvgIpc) is 3.20. The topological polar surface area (TPSA) is 99.8 Å². The molecule has 1 aliphatic heterocycles. The second-order valence-electron chi connectivity index (χ2n) is 8.88. The van der Waals surface area contributed by atoms with E-state index in [4.69, 9.17) is 19.4 Å². The fourth-order valence-corrected chi connectivity index (χ4v) is 4.66. The van der Waals surface area contributed by atoms with Crippen LogP contribution in [0.4, 0.5) is 10.2 Å². The van der Waals surface area contributed by atoms with Crippen LogP contribution in [-0.2, 0) is 16.0 Å². The predicted octanol–water partition coefficient (Wildman–Crippen LogP) is 2.46. The molecule has 0 radical (unpaired) electrons. The first-order valence-electron chi connectivity index (χ1n) is 12.5. The highest BCUT2D eigenvalue weighted by atomic mass is 19.1. The summed E-state index contributed by atoms with van der Waals surface area (Å²) < 4.78 is 27.0. The van der Waals surface area contributed by atoms with Crippen molar-refractivity contribution in [3.8, 4) is 0 Å². The van der Waals surface area contributed by atoms with Crippen molar-refractivity contribution in [2.45, 2.75) is 19.9 Å². The minimum atomic E-state index is -0.670. The number of carbonyl (C=O) groups is 2. The van der Waals surface area contributed by atoms with Crippen LogP contribution >= 0.6 is 0 Å². The van der Waals surface area contributed by atoms with E-state index in [2.05, 4.69) is 5.32 Å². The molecular formula is C27H29FN5O4+. The SMILES string of the molecule is CCOC(=O)c1c(NC(=O)c2ccccc2F)n(CCC[NH+]2CCOCC2)c2nc3ccccc3nc12. The first-order chi connectivity index (χ1) is 18.1. The molecule has 10 heteroatoms. The average molecular weight is 507 g/mol. The molecule has 4 aromatic rings. The quantitative estimate of drug-likeness (QED) is 0.356. The number of aryl methyl sites for hydroxylation is 1. The van der Waals surface area contributed by atoms with E-state index in [1.807, 2.05) is 24.3 Å². The first-order valence-corrected chi connectivity index (χ1v) is 12.5. The number of esters is 1. The monoisotopic (exact) mass is 506 g/mol. The van der Waals surface area contributed by atoms with Crippen LogP contribution in [0.5, 0.6) is 0 Å². The molecule has 192 valence electrons. The second kappa shape index (κ2) is 11.0. The number of halogens is 1. The van der Waals surface area contributed by atoms with Crippen LogP contribution in [0.15, 0.2) is 48.5 Å². The molecule has 0 unspecified atom stereocenters. The van der Waals surface area contributed by atoms with Crippen molar-refractivity contribution in [3.63, 3.8) is 0 Å². The number of anilines is 1. The zero-order valence-electron chi connectivity index (χ0n) is 20.6. The Balaban J connectivity index is 1.61. The maximum absolute atomic E-state index is 14.4. The molecule has 1 saturated heterocycles. The first kappa shape index (κ1) is 24.8. The minimum absolute atomic E-state index is 0.110. The van der Waals surface area contributed by atoms with Gasteiger partial charge in [0.2, 0.25) is 0 Å². The van der Waals surface area contributed by atoms with E-state index in [0.717, 1.165) is 39.3 Å². The van der Waals surface area contributed by atoms with Crippen molar-refractivity contribution in [1.82, 2.24) is 14.5 Å². The van der Waals surface area contributed by atoms with Crippen LogP contribution in [0.3, 0.4) is 0 Å². The molecule has 37 heavy (non-hydrogen) atoms. The normalized spacial score (nSPS) is 14.2. The van der Waals surface area contributed by atoms with E-state index in [0.29, 0.717) is 28.7 Å². The lowest BCUT2D eigenvalue weighted by Gasteiger charge is -2.24. The summed E-state index contributed by atoms with van der Waals surface area (Å²) in [6, 6.07) is 13.1. The number of hydrogen-bond acceptors (Lipinski definition) is 6. The van der Waals surface area contributed by atoms with Crippen LogP contribution in [0.25, 0.3) is 22.2 Å². The summed E-state index contributed by atoms with van der Waals surface area (Å²) in [7, 11) is 0. The van der Waals surface area contributed by atoms with Crippen molar-refractivity contribution < 1.29 is 28.4 Å². The lowest BCUT2D eigenvalue weighted by atomic mass is 10.2. The fraction of sp³-hybridized carbons (Fsp3) is 0.333. The zero-order valence-corrected chi connectivity index (χ0v) is 20.6. The number of hydrogen-bond donors (Lipinski definition) is 2. The molecule has 2 aromatic carbocycles. The maximum atomic E-state index is 14.4. The number of quaternary nitrogens is 1. The van der Waals surface area contributed by atoms with Crippen molar-refractivity contribution in [2.75, 3.05) is 44.8 Å². The molecule has 2 aromatic heterocycles. The van der Waals surface area contributed by atoms with Crippen LogP contribution in [0.1, 0.15) is 34.1 Å². The van der Waals surface area contributed by atoms with Gasteiger partial charge in [-0.05, 0) is 31.2 Å². The van der Waals surface area contributed by atoms with Crippen molar-refractivity contribution in [2.24, 2.45) is 0 Å². The highest BCUT2D eigenvalue weighted by molar-refractivity contribution is 6.13. The summed E-state index contributed by atoms with van der Waals surface area (Å²) in [4.78, 5) is 37.3. The lowest BCUT2D eigenvalue weighted by Crippen LogP contribution is -3.14. The van der Waals surface area contributed by atoms with E-state index in [1.54, 1.807) is 17.6 Å². The van der Waals surface area contributed by atoms with Crippen molar-refractivity contribution in [1.29, 1.82) is 0 Å². The number of benzene rings is 2. The summed E-state index contributed by atoms with van der Waals surface area (Å²) in [5, 5.41) is 2.78. The molecule has 0 atom stereocenters. The molecule has 0 bridgehead atoms. The summed E-state index contributed by atoms with van der Waals surface area (Å²) >= 11 is 0.